The number of nitrogens with zero attached hydrogens (tertiary/aromatic N) is 4. The number of rotatable bonds is 2. The van der Waals surface area contributed by atoms with Crippen LogP contribution in [0.5, 0.6) is 0 Å². The van der Waals surface area contributed by atoms with Gasteiger partial charge in [-0.1, -0.05) is 24.3 Å². The van der Waals surface area contributed by atoms with E-state index >= 15 is 0 Å². The molecule has 0 N–H and O–H groups in total. The molecule has 3 rings (SSSR count). The van der Waals surface area contributed by atoms with E-state index in [9.17, 15) is 5.26 Å². The predicted molar refractivity (Wildman–Crippen MR) is 80.0 cm³/mol. The Morgan fingerprint density at radius 3 is 2.95 bits per heavy atom. The summed E-state index contributed by atoms with van der Waals surface area (Å²) < 4.78 is 7.69. The molecule has 2 heterocycles. The Bertz CT molecular complexity index is 686. The zero-order valence-corrected chi connectivity index (χ0v) is 12.3. The average Bonchev–Trinajstić information content (AvgIpc) is 2.89. The van der Waals surface area contributed by atoms with Crippen LogP contribution in [-0.2, 0) is 11.8 Å². The second-order valence-electron chi connectivity index (χ2n) is 5.28. The van der Waals surface area contributed by atoms with Gasteiger partial charge in [0.1, 0.15) is 23.6 Å². The number of aromatic nitrogens is 2. The first kappa shape index (κ1) is 13.7. The molecule has 1 unspecified atom stereocenters. The standard InChI is InChI=1S/C16H18N4O/c1-12-5-3-4-6-14(12)15-11-20(7-8-21-15)16-13(9-17)10-18-19(16)2/h3-6,10,15H,7-8,11H2,1-2H3. The van der Waals surface area contributed by atoms with Crippen molar-refractivity contribution in [3.05, 3.63) is 47.2 Å². The lowest BCUT2D eigenvalue weighted by molar-refractivity contribution is 0.0389. The maximum Gasteiger partial charge on any atom is 0.144 e. The van der Waals surface area contributed by atoms with Crippen LogP contribution in [0.15, 0.2) is 30.5 Å². The van der Waals surface area contributed by atoms with Crippen LogP contribution in [0.2, 0.25) is 0 Å². The van der Waals surface area contributed by atoms with Crippen LogP contribution in [0, 0.1) is 18.3 Å². The number of hydrogen-bond donors (Lipinski definition) is 0. The second kappa shape index (κ2) is 5.58. The highest BCUT2D eigenvalue weighted by atomic mass is 16.5. The van der Waals surface area contributed by atoms with E-state index in [0.29, 0.717) is 12.2 Å². The zero-order chi connectivity index (χ0) is 14.8. The molecule has 108 valence electrons. The molecule has 0 amide bonds. The van der Waals surface area contributed by atoms with Crippen LogP contribution in [0.25, 0.3) is 0 Å². The minimum Gasteiger partial charge on any atom is -0.370 e. The summed E-state index contributed by atoms with van der Waals surface area (Å²) in [5.41, 5.74) is 3.06. The lowest BCUT2D eigenvalue weighted by Gasteiger charge is -2.35. The third-order valence-corrected chi connectivity index (χ3v) is 3.93. The highest BCUT2D eigenvalue weighted by Gasteiger charge is 2.26. The van der Waals surface area contributed by atoms with Crippen LogP contribution >= 0.6 is 0 Å². The molecule has 1 aliphatic rings. The van der Waals surface area contributed by atoms with Crippen molar-refractivity contribution in [2.45, 2.75) is 13.0 Å². The Morgan fingerprint density at radius 1 is 1.38 bits per heavy atom. The minimum atomic E-state index is 0.0291. The van der Waals surface area contributed by atoms with Crippen molar-refractivity contribution < 1.29 is 4.74 Å². The van der Waals surface area contributed by atoms with Crippen LogP contribution in [0.3, 0.4) is 0 Å². The Balaban J connectivity index is 1.89. The normalized spacial score (nSPS) is 18.5. The summed E-state index contributed by atoms with van der Waals surface area (Å²) in [6.07, 6.45) is 1.65. The third kappa shape index (κ3) is 2.50. The van der Waals surface area contributed by atoms with Crippen molar-refractivity contribution in [1.82, 2.24) is 9.78 Å². The third-order valence-electron chi connectivity index (χ3n) is 3.93. The fraction of sp³-hybridized carbons (Fsp3) is 0.375. The van der Waals surface area contributed by atoms with E-state index in [1.807, 2.05) is 19.2 Å². The molecule has 1 fully saturated rings. The van der Waals surface area contributed by atoms with Gasteiger partial charge in [-0.15, -0.1) is 0 Å². The number of morpholine rings is 1. The lowest BCUT2D eigenvalue weighted by Crippen LogP contribution is -2.40. The maximum atomic E-state index is 9.23. The van der Waals surface area contributed by atoms with Crippen molar-refractivity contribution in [2.24, 2.45) is 7.05 Å². The van der Waals surface area contributed by atoms with E-state index in [2.05, 4.69) is 35.1 Å². The fourth-order valence-electron chi connectivity index (χ4n) is 2.86. The molecular weight excluding hydrogens is 264 g/mol. The monoisotopic (exact) mass is 282 g/mol. The van der Waals surface area contributed by atoms with Gasteiger partial charge in [0.2, 0.25) is 0 Å². The summed E-state index contributed by atoms with van der Waals surface area (Å²) in [5, 5.41) is 13.4. The van der Waals surface area contributed by atoms with E-state index in [-0.39, 0.29) is 6.10 Å². The number of hydrogen-bond acceptors (Lipinski definition) is 4. The molecule has 0 saturated carbocycles. The largest absolute Gasteiger partial charge is 0.370 e. The fourth-order valence-corrected chi connectivity index (χ4v) is 2.86. The molecule has 5 nitrogen and oxygen atoms in total. The molecular formula is C16H18N4O. The quantitative estimate of drug-likeness (QED) is 0.847. The Hall–Kier alpha value is -2.32. The molecule has 1 aliphatic heterocycles. The van der Waals surface area contributed by atoms with Crippen molar-refractivity contribution in [1.29, 1.82) is 5.26 Å². The molecule has 0 spiro atoms. The maximum absolute atomic E-state index is 9.23. The summed E-state index contributed by atoms with van der Waals surface area (Å²) in [5.74, 6) is 0.874. The summed E-state index contributed by atoms with van der Waals surface area (Å²) >= 11 is 0. The first-order valence-electron chi connectivity index (χ1n) is 7.05. The molecule has 5 heteroatoms. The van der Waals surface area contributed by atoms with Crippen LogP contribution in [0.1, 0.15) is 22.8 Å². The van der Waals surface area contributed by atoms with Crippen LogP contribution < -0.4 is 4.90 Å². The van der Waals surface area contributed by atoms with Crippen molar-refractivity contribution in [3.8, 4) is 6.07 Å². The zero-order valence-electron chi connectivity index (χ0n) is 12.3. The number of aryl methyl sites for hydroxylation is 2. The molecule has 1 saturated heterocycles. The topological polar surface area (TPSA) is 54.1 Å². The van der Waals surface area contributed by atoms with Crippen LogP contribution in [0.4, 0.5) is 5.82 Å². The molecule has 1 atom stereocenters. The molecule has 0 aliphatic carbocycles. The summed E-state index contributed by atoms with van der Waals surface area (Å²) in [7, 11) is 1.87. The van der Waals surface area contributed by atoms with Gasteiger partial charge < -0.3 is 9.64 Å². The van der Waals surface area contributed by atoms with Gasteiger partial charge in [-0.3, -0.25) is 4.68 Å². The van der Waals surface area contributed by atoms with Gasteiger partial charge in [0.25, 0.3) is 0 Å². The van der Waals surface area contributed by atoms with E-state index < -0.39 is 0 Å². The lowest BCUT2D eigenvalue weighted by atomic mass is 10.0. The predicted octanol–water partition coefficient (Wildman–Crippen LogP) is 2.18. The number of nitriles is 1. The SMILES string of the molecule is Cc1ccccc1C1CN(c2c(C#N)cnn2C)CCO1. The van der Waals surface area contributed by atoms with Crippen molar-refractivity contribution >= 4 is 5.82 Å². The van der Waals surface area contributed by atoms with E-state index in [1.165, 1.54) is 11.1 Å². The average molecular weight is 282 g/mol. The van der Waals surface area contributed by atoms with Gasteiger partial charge in [-0.25, -0.2) is 0 Å². The summed E-state index contributed by atoms with van der Waals surface area (Å²) in [6, 6.07) is 10.5. The van der Waals surface area contributed by atoms with Crippen molar-refractivity contribution in [3.63, 3.8) is 0 Å². The number of ether oxygens (including phenoxy) is 1. The van der Waals surface area contributed by atoms with Gasteiger partial charge in [0, 0.05) is 20.1 Å². The Morgan fingerprint density at radius 2 is 2.19 bits per heavy atom. The Kier molecular flexibility index (Phi) is 3.63. The van der Waals surface area contributed by atoms with E-state index in [0.717, 1.165) is 18.9 Å². The summed E-state index contributed by atoms with van der Waals surface area (Å²) in [6.45, 7) is 4.26. The number of anilines is 1. The molecule has 21 heavy (non-hydrogen) atoms. The van der Waals surface area contributed by atoms with Gasteiger partial charge in [-0.05, 0) is 18.1 Å². The molecule has 0 bridgehead atoms. The van der Waals surface area contributed by atoms with Crippen molar-refractivity contribution in [2.75, 3.05) is 24.6 Å². The van der Waals surface area contributed by atoms with Gasteiger partial charge >= 0.3 is 0 Å². The van der Waals surface area contributed by atoms with E-state index in [4.69, 9.17) is 4.74 Å². The van der Waals surface area contributed by atoms with Gasteiger partial charge in [0.15, 0.2) is 0 Å². The summed E-state index contributed by atoms with van der Waals surface area (Å²) in [4.78, 5) is 2.19. The van der Waals surface area contributed by atoms with Crippen LogP contribution in [-0.4, -0.2) is 29.5 Å². The van der Waals surface area contributed by atoms with Gasteiger partial charge in [0.05, 0.1) is 12.8 Å². The minimum absolute atomic E-state index is 0.0291. The first-order chi connectivity index (χ1) is 10.2. The van der Waals surface area contributed by atoms with Gasteiger partial charge in [-0.2, -0.15) is 10.4 Å². The molecule has 2 aromatic rings. The highest BCUT2D eigenvalue weighted by Crippen LogP contribution is 2.29. The first-order valence-corrected chi connectivity index (χ1v) is 7.05. The second-order valence-corrected chi connectivity index (χ2v) is 5.28. The molecule has 0 radical (unpaired) electrons. The highest BCUT2D eigenvalue weighted by molar-refractivity contribution is 5.54. The smallest absolute Gasteiger partial charge is 0.144 e. The van der Waals surface area contributed by atoms with E-state index in [1.54, 1.807) is 10.9 Å². The number of benzene rings is 1. The Labute approximate surface area is 124 Å². The molecule has 1 aromatic carbocycles. The molecule has 1 aromatic heterocycles.